The van der Waals surface area contributed by atoms with E-state index in [-0.39, 0.29) is 11.9 Å². The van der Waals surface area contributed by atoms with Crippen LogP contribution in [0.4, 0.5) is 5.69 Å². The molecule has 1 atom stereocenters. The van der Waals surface area contributed by atoms with Crippen molar-refractivity contribution in [2.75, 3.05) is 11.4 Å². The number of aryl methyl sites for hydroxylation is 1. The van der Waals surface area contributed by atoms with Crippen LogP contribution in [-0.4, -0.2) is 28.5 Å². The summed E-state index contributed by atoms with van der Waals surface area (Å²) >= 11 is 5.46. The Balaban J connectivity index is 1.95. The SMILES string of the molecule is Cc1ccc(N2C(=O)C3CCCCN3C2=S)cc1. The van der Waals surface area contributed by atoms with Gasteiger partial charge in [-0.3, -0.25) is 9.69 Å². The summed E-state index contributed by atoms with van der Waals surface area (Å²) in [4.78, 5) is 16.2. The van der Waals surface area contributed by atoms with E-state index in [4.69, 9.17) is 12.2 Å². The Kier molecular flexibility index (Phi) is 2.82. The second-order valence-corrected chi connectivity index (χ2v) is 5.36. The molecule has 0 radical (unpaired) electrons. The van der Waals surface area contributed by atoms with Gasteiger partial charge in [0.15, 0.2) is 5.11 Å². The molecular formula is C14H16N2OS. The molecule has 2 aliphatic heterocycles. The lowest BCUT2D eigenvalue weighted by atomic mass is 10.0. The van der Waals surface area contributed by atoms with E-state index in [0.717, 1.165) is 31.5 Å². The number of fused-ring (bicyclic) bond motifs is 1. The number of thiocarbonyl (C=S) groups is 1. The van der Waals surface area contributed by atoms with Gasteiger partial charge < -0.3 is 4.90 Å². The molecule has 0 aromatic heterocycles. The largest absolute Gasteiger partial charge is 0.336 e. The fourth-order valence-corrected chi connectivity index (χ4v) is 3.13. The Labute approximate surface area is 112 Å². The standard InChI is InChI=1S/C14H16N2OS/c1-10-5-7-11(8-6-10)16-13(17)12-4-2-3-9-15(12)14(16)18/h5-8,12H,2-4,9H2,1H3. The second kappa shape index (κ2) is 4.35. The predicted octanol–water partition coefficient (Wildman–Crippen LogP) is 2.48. The zero-order valence-corrected chi connectivity index (χ0v) is 11.2. The highest BCUT2D eigenvalue weighted by Crippen LogP contribution is 2.30. The van der Waals surface area contributed by atoms with Gasteiger partial charge in [0.05, 0.1) is 5.69 Å². The molecule has 1 amide bonds. The summed E-state index contributed by atoms with van der Waals surface area (Å²) in [7, 11) is 0. The van der Waals surface area contributed by atoms with Crippen molar-refractivity contribution in [2.45, 2.75) is 32.2 Å². The molecular weight excluding hydrogens is 244 g/mol. The Morgan fingerprint density at radius 3 is 2.61 bits per heavy atom. The fourth-order valence-electron chi connectivity index (χ4n) is 2.72. The first-order chi connectivity index (χ1) is 8.68. The molecule has 0 N–H and O–H groups in total. The van der Waals surface area contributed by atoms with E-state index in [1.54, 1.807) is 4.90 Å². The van der Waals surface area contributed by atoms with Crippen molar-refractivity contribution < 1.29 is 4.79 Å². The minimum absolute atomic E-state index is 0.0208. The molecule has 3 rings (SSSR count). The third kappa shape index (κ3) is 1.72. The van der Waals surface area contributed by atoms with Crippen molar-refractivity contribution in [1.29, 1.82) is 0 Å². The lowest BCUT2D eigenvalue weighted by molar-refractivity contribution is -0.120. The van der Waals surface area contributed by atoms with Gasteiger partial charge in [0, 0.05) is 6.54 Å². The Morgan fingerprint density at radius 1 is 1.22 bits per heavy atom. The maximum absolute atomic E-state index is 12.4. The lowest BCUT2D eigenvalue weighted by Gasteiger charge is -2.27. The van der Waals surface area contributed by atoms with Crippen LogP contribution in [0.15, 0.2) is 24.3 Å². The van der Waals surface area contributed by atoms with E-state index in [1.807, 2.05) is 31.2 Å². The summed E-state index contributed by atoms with van der Waals surface area (Å²) in [5.74, 6) is 0.142. The summed E-state index contributed by atoms with van der Waals surface area (Å²) in [6.45, 7) is 2.95. The molecule has 2 aliphatic rings. The van der Waals surface area contributed by atoms with Gasteiger partial charge in [-0.1, -0.05) is 17.7 Å². The van der Waals surface area contributed by atoms with E-state index in [0.29, 0.717) is 5.11 Å². The average Bonchev–Trinajstić information content (AvgIpc) is 2.64. The van der Waals surface area contributed by atoms with E-state index in [9.17, 15) is 4.79 Å². The molecule has 0 aliphatic carbocycles. The molecule has 3 nitrogen and oxygen atoms in total. The average molecular weight is 260 g/mol. The van der Waals surface area contributed by atoms with E-state index < -0.39 is 0 Å². The van der Waals surface area contributed by atoms with E-state index >= 15 is 0 Å². The van der Waals surface area contributed by atoms with Gasteiger partial charge in [-0.25, -0.2) is 0 Å². The molecule has 94 valence electrons. The quantitative estimate of drug-likeness (QED) is 0.725. The van der Waals surface area contributed by atoms with Crippen LogP contribution in [0.3, 0.4) is 0 Å². The van der Waals surface area contributed by atoms with Crippen LogP contribution in [-0.2, 0) is 4.79 Å². The van der Waals surface area contributed by atoms with Gasteiger partial charge in [0.25, 0.3) is 5.91 Å². The minimum Gasteiger partial charge on any atom is -0.336 e. The Hall–Kier alpha value is -1.42. The number of benzene rings is 1. The van der Waals surface area contributed by atoms with Crippen LogP contribution in [0.5, 0.6) is 0 Å². The molecule has 0 spiro atoms. The first kappa shape index (κ1) is 11.7. The van der Waals surface area contributed by atoms with E-state index in [1.165, 1.54) is 5.56 Å². The van der Waals surface area contributed by atoms with Crippen LogP contribution >= 0.6 is 12.2 Å². The predicted molar refractivity (Wildman–Crippen MR) is 75.6 cm³/mol. The number of carbonyl (C=O) groups excluding carboxylic acids is 1. The second-order valence-electron chi connectivity index (χ2n) is 5.00. The molecule has 0 saturated carbocycles. The molecule has 0 bridgehead atoms. The van der Waals surface area contributed by atoms with Crippen LogP contribution in [0, 0.1) is 6.92 Å². The molecule has 4 heteroatoms. The van der Waals surface area contributed by atoms with Crippen molar-refractivity contribution in [3.8, 4) is 0 Å². The van der Waals surface area contributed by atoms with Gasteiger partial charge >= 0.3 is 0 Å². The highest BCUT2D eigenvalue weighted by atomic mass is 32.1. The van der Waals surface area contributed by atoms with Gasteiger partial charge in [-0.15, -0.1) is 0 Å². The van der Waals surface area contributed by atoms with Crippen LogP contribution in [0.2, 0.25) is 0 Å². The van der Waals surface area contributed by atoms with E-state index in [2.05, 4.69) is 4.90 Å². The van der Waals surface area contributed by atoms with Crippen molar-refractivity contribution in [1.82, 2.24) is 4.90 Å². The number of amides is 1. The highest BCUT2D eigenvalue weighted by Gasteiger charge is 2.43. The Morgan fingerprint density at radius 2 is 1.94 bits per heavy atom. The van der Waals surface area contributed by atoms with Crippen molar-refractivity contribution >= 4 is 28.9 Å². The number of hydrogen-bond donors (Lipinski definition) is 0. The Bertz CT molecular complexity index is 473. The van der Waals surface area contributed by atoms with Crippen molar-refractivity contribution in [3.63, 3.8) is 0 Å². The first-order valence-electron chi connectivity index (χ1n) is 6.40. The number of hydrogen-bond acceptors (Lipinski definition) is 2. The van der Waals surface area contributed by atoms with Gasteiger partial charge in [0.2, 0.25) is 0 Å². The minimum atomic E-state index is -0.0208. The normalized spacial score (nSPS) is 23.5. The topological polar surface area (TPSA) is 23.6 Å². The highest BCUT2D eigenvalue weighted by molar-refractivity contribution is 7.80. The molecule has 2 fully saturated rings. The van der Waals surface area contributed by atoms with Crippen LogP contribution < -0.4 is 4.90 Å². The lowest BCUT2D eigenvalue weighted by Crippen LogP contribution is -2.38. The third-order valence-electron chi connectivity index (χ3n) is 3.74. The zero-order chi connectivity index (χ0) is 12.7. The molecule has 1 unspecified atom stereocenters. The number of rotatable bonds is 1. The van der Waals surface area contributed by atoms with Gasteiger partial charge in [0.1, 0.15) is 6.04 Å². The van der Waals surface area contributed by atoms with Crippen molar-refractivity contribution in [2.24, 2.45) is 0 Å². The third-order valence-corrected chi connectivity index (χ3v) is 4.15. The fraction of sp³-hybridized carbons (Fsp3) is 0.429. The summed E-state index contributed by atoms with van der Waals surface area (Å²) < 4.78 is 0. The molecule has 2 heterocycles. The smallest absolute Gasteiger partial charge is 0.256 e. The molecule has 2 saturated heterocycles. The van der Waals surface area contributed by atoms with Crippen LogP contribution in [0.1, 0.15) is 24.8 Å². The number of carbonyl (C=O) groups is 1. The summed E-state index contributed by atoms with van der Waals surface area (Å²) in [5.41, 5.74) is 2.08. The number of nitrogens with zero attached hydrogens (tertiary/aromatic N) is 2. The summed E-state index contributed by atoms with van der Waals surface area (Å²) in [5, 5.41) is 0.675. The summed E-state index contributed by atoms with van der Waals surface area (Å²) in [6.07, 6.45) is 3.18. The maximum atomic E-state index is 12.4. The molecule has 1 aromatic rings. The number of anilines is 1. The molecule has 1 aromatic carbocycles. The molecule has 18 heavy (non-hydrogen) atoms. The zero-order valence-electron chi connectivity index (χ0n) is 10.4. The summed E-state index contributed by atoms with van der Waals surface area (Å²) in [6, 6.07) is 7.95. The van der Waals surface area contributed by atoms with Crippen LogP contribution in [0.25, 0.3) is 0 Å². The first-order valence-corrected chi connectivity index (χ1v) is 6.80. The van der Waals surface area contributed by atoms with Gasteiger partial charge in [-0.05, 0) is 50.5 Å². The monoisotopic (exact) mass is 260 g/mol. The van der Waals surface area contributed by atoms with Crippen molar-refractivity contribution in [3.05, 3.63) is 29.8 Å². The van der Waals surface area contributed by atoms with Gasteiger partial charge in [-0.2, -0.15) is 0 Å². The number of piperidine rings is 1. The maximum Gasteiger partial charge on any atom is 0.256 e.